The van der Waals surface area contributed by atoms with Crippen molar-refractivity contribution in [2.45, 2.75) is 33.2 Å². The van der Waals surface area contributed by atoms with Crippen LogP contribution in [0.3, 0.4) is 0 Å². The highest BCUT2D eigenvalue weighted by atomic mass is 16.2. The molecule has 16 heavy (non-hydrogen) atoms. The second-order valence-corrected chi connectivity index (χ2v) is 4.05. The summed E-state index contributed by atoms with van der Waals surface area (Å²) < 4.78 is 1.64. The average molecular weight is 223 g/mol. The molecule has 1 amide bonds. The van der Waals surface area contributed by atoms with Crippen molar-refractivity contribution in [1.82, 2.24) is 15.1 Å². The van der Waals surface area contributed by atoms with Gasteiger partial charge in [0.25, 0.3) is 5.91 Å². The van der Waals surface area contributed by atoms with Crippen molar-refractivity contribution in [1.29, 1.82) is 0 Å². The first-order valence-corrected chi connectivity index (χ1v) is 5.20. The minimum Gasteiger partial charge on any atom is -0.349 e. The lowest BCUT2D eigenvalue weighted by molar-refractivity contribution is -0.117. The summed E-state index contributed by atoms with van der Waals surface area (Å²) in [5.74, 6) is -0.116. The third-order valence-electron chi connectivity index (χ3n) is 2.45. The van der Waals surface area contributed by atoms with Gasteiger partial charge in [-0.3, -0.25) is 14.3 Å². The minimum absolute atomic E-state index is 0.0655. The first-order chi connectivity index (χ1) is 7.41. The zero-order valence-corrected chi connectivity index (χ0v) is 10.1. The van der Waals surface area contributed by atoms with Gasteiger partial charge in [0.1, 0.15) is 5.78 Å². The van der Waals surface area contributed by atoms with Crippen LogP contribution in [0.2, 0.25) is 0 Å². The zero-order valence-electron chi connectivity index (χ0n) is 10.1. The number of carbonyl (C=O) groups is 2. The summed E-state index contributed by atoms with van der Waals surface area (Å²) in [7, 11) is 1.78. The topological polar surface area (TPSA) is 64.0 Å². The van der Waals surface area contributed by atoms with Gasteiger partial charge in [0, 0.05) is 25.2 Å². The fourth-order valence-electron chi connectivity index (χ4n) is 1.51. The van der Waals surface area contributed by atoms with E-state index in [1.54, 1.807) is 11.7 Å². The number of nitrogens with zero attached hydrogens (tertiary/aromatic N) is 2. The molecule has 0 aliphatic rings. The Bertz CT molecular complexity index is 409. The minimum atomic E-state index is -0.181. The molecular weight excluding hydrogens is 206 g/mol. The lowest BCUT2D eigenvalue weighted by Gasteiger charge is -2.11. The summed E-state index contributed by atoms with van der Waals surface area (Å²) in [6.45, 7) is 5.15. The van der Waals surface area contributed by atoms with E-state index in [0.29, 0.717) is 12.0 Å². The summed E-state index contributed by atoms with van der Waals surface area (Å²) in [5, 5.41) is 6.76. The molecule has 1 atom stereocenters. The van der Waals surface area contributed by atoms with Crippen LogP contribution < -0.4 is 5.32 Å². The first kappa shape index (κ1) is 12.4. The molecule has 0 saturated carbocycles. The van der Waals surface area contributed by atoms with E-state index in [9.17, 15) is 9.59 Å². The quantitative estimate of drug-likeness (QED) is 0.822. The van der Waals surface area contributed by atoms with Crippen LogP contribution in [-0.4, -0.2) is 27.5 Å². The average Bonchev–Trinajstić information content (AvgIpc) is 2.45. The van der Waals surface area contributed by atoms with Gasteiger partial charge < -0.3 is 5.32 Å². The first-order valence-electron chi connectivity index (χ1n) is 5.20. The number of ketones is 1. The van der Waals surface area contributed by atoms with Crippen LogP contribution in [0.4, 0.5) is 0 Å². The summed E-state index contributed by atoms with van der Waals surface area (Å²) in [6, 6.07) is -0.149. The zero-order chi connectivity index (χ0) is 12.3. The van der Waals surface area contributed by atoms with Crippen molar-refractivity contribution in [2.24, 2.45) is 7.05 Å². The third kappa shape index (κ3) is 2.92. The number of amides is 1. The van der Waals surface area contributed by atoms with E-state index in [0.717, 1.165) is 5.69 Å². The van der Waals surface area contributed by atoms with E-state index in [4.69, 9.17) is 0 Å². The standard InChI is InChI=1S/C11H17N3O2/c1-7(5-8(2)15)13-11(16)10-6-12-14(4)9(10)3/h6-7H,5H2,1-4H3,(H,13,16). The second-order valence-electron chi connectivity index (χ2n) is 4.05. The smallest absolute Gasteiger partial charge is 0.254 e. The monoisotopic (exact) mass is 223 g/mol. The molecule has 5 heteroatoms. The molecule has 1 rings (SSSR count). The highest BCUT2D eigenvalue weighted by Crippen LogP contribution is 2.06. The van der Waals surface area contributed by atoms with Crippen molar-refractivity contribution < 1.29 is 9.59 Å². The normalized spacial score (nSPS) is 12.2. The Balaban J connectivity index is 2.66. The number of hydrogen-bond acceptors (Lipinski definition) is 3. The molecule has 0 bridgehead atoms. The molecule has 0 saturated heterocycles. The van der Waals surface area contributed by atoms with Crippen molar-refractivity contribution in [2.75, 3.05) is 0 Å². The van der Waals surface area contributed by atoms with Gasteiger partial charge >= 0.3 is 0 Å². The Morgan fingerprint density at radius 3 is 2.62 bits per heavy atom. The molecule has 0 radical (unpaired) electrons. The molecule has 0 spiro atoms. The molecule has 1 N–H and O–H groups in total. The SMILES string of the molecule is CC(=O)CC(C)NC(=O)c1cnn(C)c1C. The molecule has 0 aromatic carbocycles. The molecular formula is C11H17N3O2. The number of Topliss-reactive ketones (excluding diaryl/α,β-unsaturated/α-hetero) is 1. The molecule has 1 heterocycles. The number of carbonyl (C=O) groups excluding carboxylic acids is 2. The van der Waals surface area contributed by atoms with Gasteiger partial charge in [-0.2, -0.15) is 5.10 Å². The van der Waals surface area contributed by atoms with Crippen molar-refractivity contribution in [3.63, 3.8) is 0 Å². The van der Waals surface area contributed by atoms with Crippen molar-refractivity contribution >= 4 is 11.7 Å². The van der Waals surface area contributed by atoms with Gasteiger partial charge in [0.15, 0.2) is 0 Å². The van der Waals surface area contributed by atoms with E-state index in [1.807, 2.05) is 13.8 Å². The number of hydrogen-bond donors (Lipinski definition) is 1. The molecule has 1 aromatic heterocycles. The van der Waals surface area contributed by atoms with Crippen LogP contribution in [-0.2, 0) is 11.8 Å². The number of aryl methyl sites for hydroxylation is 1. The Labute approximate surface area is 94.8 Å². The predicted octanol–water partition coefficient (Wildman–Crippen LogP) is 0.826. The Kier molecular flexibility index (Phi) is 3.82. The highest BCUT2D eigenvalue weighted by molar-refractivity contribution is 5.95. The second kappa shape index (κ2) is 4.92. The maximum atomic E-state index is 11.8. The lowest BCUT2D eigenvalue weighted by atomic mass is 10.1. The summed E-state index contributed by atoms with van der Waals surface area (Å²) >= 11 is 0. The predicted molar refractivity (Wildman–Crippen MR) is 60.2 cm³/mol. The van der Waals surface area contributed by atoms with Gasteiger partial charge in [0.2, 0.25) is 0 Å². The van der Waals surface area contributed by atoms with Gasteiger partial charge in [-0.25, -0.2) is 0 Å². The Hall–Kier alpha value is -1.65. The van der Waals surface area contributed by atoms with E-state index >= 15 is 0 Å². The summed E-state index contributed by atoms with van der Waals surface area (Å²) in [4.78, 5) is 22.7. The number of nitrogens with one attached hydrogen (secondary N) is 1. The highest BCUT2D eigenvalue weighted by Gasteiger charge is 2.15. The van der Waals surface area contributed by atoms with Crippen LogP contribution in [0.25, 0.3) is 0 Å². The van der Waals surface area contributed by atoms with Gasteiger partial charge in [-0.1, -0.05) is 0 Å². The van der Waals surface area contributed by atoms with Crippen molar-refractivity contribution in [3.05, 3.63) is 17.5 Å². The largest absolute Gasteiger partial charge is 0.349 e. The molecule has 1 aromatic rings. The van der Waals surface area contributed by atoms with Crippen molar-refractivity contribution in [3.8, 4) is 0 Å². The van der Waals surface area contributed by atoms with E-state index in [2.05, 4.69) is 10.4 Å². The fourth-order valence-corrected chi connectivity index (χ4v) is 1.51. The van der Waals surface area contributed by atoms with Gasteiger partial charge in [-0.05, 0) is 20.8 Å². The van der Waals surface area contributed by atoms with Crippen LogP contribution in [0, 0.1) is 6.92 Å². The van der Waals surface area contributed by atoms with E-state index in [-0.39, 0.29) is 17.7 Å². The molecule has 5 nitrogen and oxygen atoms in total. The van der Waals surface area contributed by atoms with Gasteiger partial charge in [-0.15, -0.1) is 0 Å². The van der Waals surface area contributed by atoms with E-state index in [1.165, 1.54) is 13.1 Å². The maximum absolute atomic E-state index is 11.8. The maximum Gasteiger partial charge on any atom is 0.254 e. The number of rotatable bonds is 4. The molecule has 0 fully saturated rings. The van der Waals surface area contributed by atoms with Gasteiger partial charge in [0.05, 0.1) is 11.8 Å². The lowest BCUT2D eigenvalue weighted by Crippen LogP contribution is -2.34. The molecule has 0 aliphatic carbocycles. The summed E-state index contributed by atoms with van der Waals surface area (Å²) in [6.07, 6.45) is 1.89. The third-order valence-corrected chi connectivity index (χ3v) is 2.45. The van der Waals surface area contributed by atoms with Crippen LogP contribution >= 0.6 is 0 Å². The molecule has 1 unspecified atom stereocenters. The molecule has 88 valence electrons. The van der Waals surface area contributed by atoms with Crippen LogP contribution in [0.15, 0.2) is 6.20 Å². The summed E-state index contributed by atoms with van der Waals surface area (Å²) in [5.41, 5.74) is 1.37. The van der Waals surface area contributed by atoms with Crippen LogP contribution in [0.1, 0.15) is 36.3 Å². The Morgan fingerprint density at radius 1 is 1.56 bits per heavy atom. The molecule has 0 aliphatic heterocycles. The van der Waals surface area contributed by atoms with E-state index < -0.39 is 0 Å². The number of aromatic nitrogens is 2. The van der Waals surface area contributed by atoms with Crippen LogP contribution in [0.5, 0.6) is 0 Å². The fraction of sp³-hybridized carbons (Fsp3) is 0.545. The Morgan fingerprint density at radius 2 is 2.19 bits per heavy atom.